The molecule has 1 amide bonds. The van der Waals surface area contributed by atoms with Crippen molar-refractivity contribution in [3.8, 4) is 0 Å². The van der Waals surface area contributed by atoms with Crippen LogP contribution in [-0.4, -0.2) is 41.4 Å². The van der Waals surface area contributed by atoms with Gasteiger partial charge in [0.25, 0.3) is 0 Å². The molecule has 0 aromatic heterocycles. The number of amides is 1. The maximum atomic E-state index is 11.0. The van der Waals surface area contributed by atoms with Gasteiger partial charge in [-0.2, -0.15) is 11.8 Å². The Kier molecular flexibility index (Phi) is 4.55. The number of rotatable bonds is 3. The van der Waals surface area contributed by atoms with E-state index in [1.54, 1.807) is 0 Å². The number of hydrazine groups is 1. The van der Waals surface area contributed by atoms with Gasteiger partial charge in [-0.3, -0.25) is 15.1 Å². The predicted molar refractivity (Wildman–Crippen MR) is 55.3 cm³/mol. The van der Waals surface area contributed by atoms with Gasteiger partial charge >= 0.3 is 0 Å². The van der Waals surface area contributed by atoms with E-state index < -0.39 is 0 Å². The molecule has 3 N–H and O–H groups in total. The number of carbonyl (C=O) groups is 1. The molecule has 1 aliphatic rings. The molecule has 0 aromatic carbocycles. The summed E-state index contributed by atoms with van der Waals surface area (Å²) in [5.74, 6) is 6.05. The second-order valence-electron chi connectivity index (χ2n) is 3.20. The molecule has 1 atom stereocenters. The topological polar surface area (TPSA) is 58.4 Å². The molecule has 1 fully saturated rings. The van der Waals surface area contributed by atoms with Gasteiger partial charge in [-0.15, -0.1) is 0 Å². The van der Waals surface area contributed by atoms with Gasteiger partial charge in [-0.25, -0.2) is 5.84 Å². The zero-order valence-electron chi connectivity index (χ0n) is 7.95. The van der Waals surface area contributed by atoms with Gasteiger partial charge in [-0.05, 0) is 6.42 Å². The lowest BCUT2D eigenvalue weighted by atomic mass is 10.3. The Bertz CT molecular complexity index is 177. The summed E-state index contributed by atoms with van der Waals surface area (Å²) in [6.07, 6.45) is 1.17. The molecule has 0 radical (unpaired) electrons. The van der Waals surface area contributed by atoms with Gasteiger partial charge in [-0.1, -0.05) is 6.92 Å². The molecule has 4 nitrogen and oxygen atoms in total. The maximum Gasteiger partial charge on any atom is 0.248 e. The van der Waals surface area contributed by atoms with Gasteiger partial charge in [0.1, 0.15) is 0 Å². The molecule has 0 spiro atoms. The Hall–Kier alpha value is -0.260. The fourth-order valence-electron chi connectivity index (χ4n) is 1.42. The van der Waals surface area contributed by atoms with Crippen LogP contribution < -0.4 is 11.3 Å². The number of nitrogens with two attached hydrogens (primary N) is 1. The monoisotopic (exact) mass is 203 g/mol. The summed E-state index contributed by atoms with van der Waals surface area (Å²) < 4.78 is 0. The van der Waals surface area contributed by atoms with Crippen molar-refractivity contribution in [2.45, 2.75) is 18.6 Å². The van der Waals surface area contributed by atoms with Crippen LogP contribution in [0.25, 0.3) is 0 Å². The molecular weight excluding hydrogens is 186 g/mol. The number of nitrogens with one attached hydrogen (secondary N) is 1. The van der Waals surface area contributed by atoms with Crippen molar-refractivity contribution in [2.75, 3.05) is 25.4 Å². The molecule has 13 heavy (non-hydrogen) atoms. The van der Waals surface area contributed by atoms with Crippen molar-refractivity contribution in [3.05, 3.63) is 0 Å². The van der Waals surface area contributed by atoms with Crippen molar-refractivity contribution in [3.63, 3.8) is 0 Å². The first-order valence-corrected chi connectivity index (χ1v) is 5.64. The van der Waals surface area contributed by atoms with E-state index in [1.807, 2.05) is 11.8 Å². The van der Waals surface area contributed by atoms with Crippen LogP contribution in [0.1, 0.15) is 13.3 Å². The Morgan fingerprint density at radius 1 is 1.77 bits per heavy atom. The highest BCUT2D eigenvalue weighted by Crippen LogP contribution is 2.20. The van der Waals surface area contributed by atoms with Crippen LogP contribution in [0.5, 0.6) is 0 Å². The number of thioether (sulfide) groups is 1. The van der Waals surface area contributed by atoms with Crippen LogP contribution in [0.3, 0.4) is 0 Å². The average Bonchev–Trinajstić information content (AvgIpc) is 2.18. The number of hydrogen-bond acceptors (Lipinski definition) is 4. The highest BCUT2D eigenvalue weighted by atomic mass is 32.2. The standard InChI is InChI=1S/C8H17N3OS/c1-2-7-5-11(3-4-13-7)6-8(12)10-9/h7H,2-6,9H2,1H3,(H,10,12). The highest BCUT2D eigenvalue weighted by Gasteiger charge is 2.20. The van der Waals surface area contributed by atoms with Gasteiger partial charge in [0.2, 0.25) is 5.91 Å². The molecule has 0 saturated carbocycles. The molecule has 1 aliphatic heterocycles. The summed E-state index contributed by atoms with van der Waals surface area (Å²) in [5, 5.41) is 0.680. The Morgan fingerprint density at radius 2 is 2.54 bits per heavy atom. The van der Waals surface area contributed by atoms with Gasteiger partial charge in [0.05, 0.1) is 6.54 Å². The number of hydrogen-bond donors (Lipinski definition) is 2. The average molecular weight is 203 g/mol. The van der Waals surface area contributed by atoms with Gasteiger partial charge in [0.15, 0.2) is 0 Å². The largest absolute Gasteiger partial charge is 0.293 e. The van der Waals surface area contributed by atoms with E-state index in [4.69, 9.17) is 5.84 Å². The first-order valence-electron chi connectivity index (χ1n) is 4.59. The van der Waals surface area contributed by atoms with Crippen LogP contribution in [0.4, 0.5) is 0 Å². The Morgan fingerprint density at radius 3 is 3.15 bits per heavy atom. The quantitative estimate of drug-likeness (QED) is 0.379. The zero-order chi connectivity index (χ0) is 9.68. The van der Waals surface area contributed by atoms with Crippen molar-refractivity contribution in [1.82, 2.24) is 10.3 Å². The number of nitrogens with zero attached hydrogens (tertiary/aromatic N) is 1. The summed E-state index contributed by atoms with van der Waals surface area (Å²) in [4.78, 5) is 13.2. The fourth-order valence-corrected chi connectivity index (χ4v) is 2.67. The zero-order valence-corrected chi connectivity index (χ0v) is 8.77. The molecule has 1 unspecified atom stereocenters. The minimum atomic E-state index is -0.0956. The highest BCUT2D eigenvalue weighted by molar-refractivity contribution is 8.00. The molecule has 5 heteroatoms. The third-order valence-electron chi connectivity index (χ3n) is 2.21. The van der Waals surface area contributed by atoms with E-state index in [2.05, 4.69) is 17.2 Å². The minimum absolute atomic E-state index is 0.0956. The SMILES string of the molecule is CCC1CN(CC(=O)NN)CCS1. The summed E-state index contributed by atoms with van der Waals surface area (Å²) >= 11 is 2.00. The van der Waals surface area contributed by atoms with Crippen molar-refractivity contribution >= 4 is 17.7 Å². The third-order valence-corrected chi connectivity index (χ3v) is 3.58. The second kappa shape index (κ2) is 5.47. The van der Waals surface area contributed by atoms with E-state index in [-0.39, 0.29) is 5.91 Å². The molecular formula is C8H17N3OS. The second-order valence-corrected chi connectivity index (χ2v) is 4.61. The summed E-state index contributed by atoms with van der Waals surface area (Å²) in [7, 11) is 0. The number of carbonyl (C=O) groups excluding carboxylic acids is 1. The lowest BCUT2D eigenvalue weighted by Gasteiger charge is -2.30. The Balaban J connectivity index is 2.29. The van der Waals surface area contributed by atoms with Gasteiger partial charge < -0.3 is 0 Å². The summed E-state index contributed by atoms with van der Waals surface area (Å²) in [5.41, 5.74) is 2.16. The minimum Gasteiger partial charge on any atom is -0.293 e. The lowest BCUT2D eigenvalue weighted by molar-refractivity contribution is -0.122. The van der Waals surface area contributed by atoms with Crippen molar-refractivity contribution < 1.29 is 4.79 Å². The van der Waals surface area contributed by atoms with E-state index >= 15 is 0 Å². The van der Waals surface area contributed by atoms with E-state index in [1.165, 1.54) is 6.42 Å². The molecule has 0 aliphatic carbocycles. The van der Waals surface area contributed by atoms with Crippen LogP contribution in [-0.2, 0) is 4.79 Å². The normalized spacial score (nSPS) is 24.3. The lowest BCUT2D eigenvalue weighted by Crippen LogP contribution is -2.45. The van der Waals surface area contributed by atoms with Crippen LogP contribution in [0.15, 0.2) is 0 Å². The molecule has 1 saturated heterocycles. The molecule has 0 bridgehead atoms. The summed E-state index contributed by atoms with van der Waals surface area (Å²) in [6.45, 7) is 4.63. The molecule has 1 rings (SSSR count). The smallest absolute Gasteiger partial charge is 0.248 e. The van der Waals surface area contributed by atoms with Crippen molar-refractivity contribution in [1.29, 1.82) is 0 Å². The molecule has 1 heterocycles. The van der Waals surface area contributed by atoms with Crippen LogP contribution in [0.2, 0.25) is 0 Å². The third kappa shape index (κ3) is 3.54. The fraction of sp³-hybridized carbons (Fsp3) is 0.875. The first kappa shape index (κ1) is 10.8. The van der Waals surface area contributed by atoms with Gasteiger partial charge in [0, 0.05) is 24.1 Å². The molecule has 0 aromatic rings. The van der Waals surface area contributed by atoms with E-state index in [9.17, 15) is 4.79 Å². The summed E-state index contributed by atoms with van der Waals surface area (Å²) in [6, 6.07) is 0. The van der Waals surface area contributed by atoms with Crippen molar-refractivity contribution in [2.24, 2.45) is 5.84 Å². The van der Waals surface area contributed by atoms with Crippen LogP contribution >= 0.6 is 11.8 Å². The molecule has 76 valence electrons. The van der Waals surface area contributed by atoms with E-state index in [0.29, 0.717) is 11.8 Å². The maximum absolute atomic E-state index is 11.0. The van der Waals surface area contributed by atoms with E-state index in [0.717, 1.165) is 18.8 Å². The predicted octanol–water partition coefficient (Wildman–Crippen LogP) is -0.196. The first-order chi connectivity index (χ1) is 6.26. The van der Waals surface area contributed by atoms with Crippen LogP contribution in [0, 0.1) is 0 Å². The Labute approximate surface area is 83.2 Å².